The Hall–Kier alpha value is -1.57. The second-order valence-corrected chi connectivity index (χ2v) is 2.72. The SMILES string of the molecule is CCC(=O)/C=C(\O)c1ccccc1. The molecule has 0 heterocycles. The van der Waals surface area contributed by atoms with Crippen LogP contribution in [0.2, 0.25) is 0 Å². The van der Waals surface area contributed by atoms with E-state index in [0.717, 1.165) is 0 Å². The lowest BCUT2D eigenvalue weighted by atomic mass is 10.1. The van der Waals surface area contributed by atoms with E-state index in [2.05, 4.69) is 0 Å². The summed E-state index contributed by atoms with van der Waals surface area (Å²) in [5, 5.41) is 9.46. The summed E-state index contributed by atoms with van der Waals surface area (Å²) in [6, 6.07) is 9.01. The van der Waals surface area contributed by atoms with Crippen LogP contribution in [0.3, 0.4) is 0 Å². The number of carbonyl (C=O) groups excluding carboxylic acids is 1. The molecule has 1 rings (SSSR count). The molecular weight excluding hydrogens is 164 g/mol. The number of carbonyl (C=O) groups is 1. The molecule has 0 unspecified atom stereocenters. The molecule has 0 bridgehead atoms. The van der Waals surface area contributed by atoms with E-state index in [4.69, 9.17) is 0 Å². The maximum absolute atomic E-state index is 11.0. The summed E-state index contributed by atoms with van der Waals surface area (Å²) in [5.41, 5.74) is 0.671. The van der Waals surface area contributed by atoms with Gasteiger partial charge in [-0.2, -0.15) is 0 Å². The lowest BCUT2D eigenvalue weighted by Crippen LogP contribution is -1.91. The molecule has 0 aromatic heterocycles. The van der Waals surface area contributed by atoms with Crippen molar-refractivity contribution >= 4 is 11.5 Å². The largest absolute Gasteiger partial charge is 0.507 e. The standard InChI is InChI=1S/C11H12O2/c1-2-10(12)8-11(13)9-6-4-3-5-7-9/h3-8,13H,2H2,1H3/b11-8-. The Labute approximate surface area is 77.5 Å². The van der Waals surface area contributed by atoms with Gasteiger partial charge in [-0.15, -0.1) is 0 Å². The highest BCUT2D eigenvalue weighted by Crippen LogP contribution is 2.10. The van der Waals surface area contributed by atoms with Crippen molar-refractivity contribution in [2.24, 2.45) is 0 Å². The Balaban J connectivity index is 2.85. The van der Waals surface area contributed by atoms with Crippen molar-refractivity contribution in [2.45, 2.75) is 13.3 Å². The van der Waals surface area contributed by atoms with E-state index < -0.39 is 0 Å². The summed E-state index contributed by atoms with van der Waals surface area (Å²) in [4.78, 5) is 11.0. The third-order valence-electron chi connectivity index (χ3n) is 1.72. The molecule has 0 aliphatic heterocycles. The van der Waals surface area contributed by atoms with Gasteiger partial charge in [0.25, 0.3) is 0 Å². The summed E-state index contributed by atoms with van der Waals surface area (Å²) in [7, 11) is 0. The molecule has 13 heavy (non-hydrogen) atoms. The minimum Gasteiger partial charge on any atom is -0.507 e. The fourth-order valence-electron chi connectivity index (χ4n) is 0.947. The number of aliphatic hydroxyl groups is 1. The zero-order chi connectivity index (χ0) is 9.68. The number of aliphatic hydroxyl groups excluding tert-OH is 1. The summed E-state index contributed by atoms with van der Waals surface area (Å²) < 4.78 is 0. The molecule has 2 nitrogen and oxygen atoms in total. The van der Waals surface area contributed by atoms with Crippen LogP contribution in [0.25, 0.3) is 5.76 Å². The second kappa shape index (κ2) is 4.45. The smallest absolute Gasteiger partial charge is 0.159 e. The van der Waals surface area contributed by atoms with Gasteiger partial charge in [0.05, 0.1) is 0 Å². The Kier molecular flexibility index (Phi) is 3.26. The number of rotatable bonds is 3. The molecule has 0 fully saturated rings. The van der Waals surface area contributed by atoms with Crippen LogP contribution in [0.5, 0.6) is 0 Å². The van der Waals surface area contributed by atoms with Gasteiger partial charge in [0, 0.05) is 18.1 Å². The lowest BCUT2D eigenvalue weighted by molar-refractivity contribution is -0.114. The van der Waals surface area contributed by atoms with E-state index in [1.54, 1.807) is 19.1 Å². The van der Waals surface area contributed by atoms with E-state index in [1.807, 2.05) is 18.2 Å². The van der Waals surface area contributed by atoms with Crippen LogP contribution in [-0.2, 0) is 4.79 Å². The Morgan fingerprint density at radius 1 is 1.38 bits per heavy atom. The first-order chi connectivity index (χ1) is 6.24. The highest BCUT2D eigenvalue weighted by molar-refractivity contribution is 5.95. The van der Waals surface area contributed by atoms with E-state index in [1.165, 1.54) is 6.08 Å². The number of hydrogen-bond acceptors (Lipinski definition) is 2. The molecular formula is C11H12O2. The molecule has 0 saturated heterocycles. The minimum absolute atomic E-state index is 0.0347. The molecule has 1 aromatic carbocycles. The van der Waals surface area contributed by atoms with Gasteiger partial charge in [0.2, 0.25) is 0 Å². The highest BCUT2D eigenvalue weighted by Gasteiger charge is 1.99. The molecule has 1 aromatic rings. The van der Waals surface area contributed by atoms with Crippen LogP contribution in [0.4, 0.5) is 0 Å². The molecule has 0 saturated carbocycles. The quantitative estimate of drug-likeness (QED) is 0.567. The van der Waals surface area contributed by atoms with Gasteiger partial charge in [-0.3, -0.25) is 4.79 Å². The summed E-state index contributed by atoms with van der Waals surface area (Å²) in [5.74, 6) is -0.0335. The van der Waals surface area contributed by atoms with Gasteiger partial charge >= 0.3 is 0 Å². The van der Waals surface area contributed by atoms with Crippen molar-refractivity contribution in [1.82, 2.24) is 0 Å². The van der Waals surface area contributed by atoms with Crippen molar-refractivity contribution < 1.29 is 9.90 Å². The number of ketones is 1. The number of allylic oxidation sites excluding steroid dienone is 1. The van der Waals surface area contributed by atoms with Crippen LogP contribution in [0.15, 0.2) is 36.4 Å². The maximum atomic E-state index is 11.0. The minimum atomic E-state index is -0.0682. The molecule has 0 spiro atoms. The number of hydrogen-bond donors (Lipinski definition) is 1. The fourth-order valence-corrected chi connectivity index (χ4v) is 0.947. The topological polar surface area (TPSA) is 37.3 Å². The highest BCUT2D eigenvalue weighted by atomic mass is 16.3. The van der Waals surface area contributed by atoms with Crippen molar-refractivity contribution in [3.8, 4) is 0 Å². The van der Waals surface area contributed by atoms with Crippen LogP contribution < -0.4 is 0 Å². The van der Waals surface area contributed by atoms with Gasteiger partial charge in [0.1, 0.15) is 5.76 Å². The van der Waals surface area contributed by atoms with Crippen molar-refractivity contribution in [2.75, 3.05) is 0 Å². The average Bonchev–Trinajstić information content (AvgIpc) is 2.19. The van der Waals surface area contributed by atoms with Gasteiger partial charge < -0.3 is 5.11 Å². The van der Waals surface area contributed by atoms with E-state index in [0.29, 0.717) is 12.0 Å². The zero-order valence-electron chi connectivity index (χ0n) is 7.53. The van der Waals surface area contributed by atoms with Crippen molar-refractivity contribution in [1.29, 1.82) is 0 Å². The van der Waals surface area contributed by atoms with Crippen LogP contribution in [0.1, 0.15) is 18.9 Å². The maximum Gasteiger partial charge on any atom is 0.159 e. The molecule has 0 radical (unpaired) electrons. The lowest BCUT2D eigenvalue weighted by Gasteiger charge is -1.97. The Morgan fingerprint density at radius 2 is 2.00 bits per heavy atom. The van der Waals surface area contributed by atoms with Gasteiger partial charge in [-0.1, -0.05) is 37.3 Å². The Morgan fingerprint density at radius 3 is 2.54 bits per heavy atom. The molecule has 0 aliphatic rings. The molecule has 2 heteroatoms. The van der Waals surface area contributed by atoms with E-state index in [9.17, 15) is 9.90 Å². The van der Waals surface area contributed by atoms with E-state index in [-0.39, 0.29) is 11.5 Å². The molecule has 0 atom stereocenters. The summed E-state index contributed by atoms with van der Waals surface area (Å²) in [6.07, 6.45) is 1.67. The monoisotopic (exact) mass is 176 g/mol. The van der Waals surface area contributed by atoms with Crippen LogP contribution in [0, 0.1) is 0 Å². The fraction of sp³-hybridized carbons (Fsp3) is 0.182. The first kappa shape index (κ1) is 9.52. The third-order valence-corrected chi connectivity index (χ3v) is 1.72. The predicted octanol–water partition coefficient (Wildman–Crippen LogP) is 2.56. The molecule has 1 N–H and O–H groups in total. The Bertz CT molecular complexity index is 312. The van der Waals surface area contributed by atoms with Gasteiger partial charge in [-0.05, 0) is 0 Å². The normalized spacial score (nSPS) is 11.3. The summed E-state index contributed by atoms with van der Waals surface area (Å²) >= 11 is 0. The second-order valence-electron chi connectivity index (χ2n) is 2.72. The van der Waals surface area contributed by atoms with Gasteiger partial charge in [0.15, 0.2) is 5.78 Å². The predicted molar refractivity (Wildman–Crippen MR) is 52.3 cm³/mol. The zero-order valence-corrected chi connectivity index (χ0v) is 7.53. The third kappa shape index (κ3) is 2.75. The number of benzene rings is 1. The van der Waals surface area contributed by atoms with Crippen LogP contribution in [-0.4, -0.2) is 10.9 Å². The molecule has 0 aliphatic carbocycles. The molecule has 0 amide bonds. The first-order valence-electron chi connectivity index (χ1n) is 4.23. The molecule has 68 valence electrons. The van der Waals surface area contributed by atoms with Crippen molar-refractivity contribution in [3.05, 3.63) is 42.0 Å². The van der Waals surface area contributed by atoms with E-state index >= 15 is 0 Å². The van der Waals surface area contributed by atoms with Gasteiger partial charge in [-0.25, -0.2) is 0 Å². The first-order valence-corrected chi connectivity index (χ1v) is 4.23. The van der Waals surface area contributed by atoms with Crippen LogP contribution >= 0.6 is 0 Å². The van der Waals surface area contributed by atoms with Crippen molar-refractivity contribution in [3.63, 3.8) is 0 Å². The summed E-state index contributed by atoms with van der Waals surface area (Å²) in [6.45, 7) is 1.76. The average molecular weight is 176 g/mol.